The van der Waals surface area contributed by atoms with Crippen molar-refractivity contribution in [3.63, 3.8) is 0 Å². The lowest BCUT2D eigenvalue weighted by Crippen LogP contribution is -2.39. The SMILES string of the molecule is C/C=C\Cn1c(=O)c2c(nc3n(Cc4ccco4)c(C)c(C)n23)n(C)c1=O. The Morgan fingerprint density at radius 1 is 1.19 bits per heavy atom. The Kier molecular flexibility index (Phi) is 3.91. The smallest absolute Gasteiger partial charge is 0.332 e. The fourth-order valence-corrected chi connectivity index (χ4v) is 3.43. The number of hydrogen-bond donors (Lipinski definition) is 0. The van der Waals surface area contributed by atoms with Crippen molar-refractivity contribution in [3.8, 4) is 0 Å². The monoisotopic (exact) mass is 367 g/mol. The summed E-state index contributed by atoms with van der Waals surface area (Å²) in [5.74, 6) is 1.41. The van der Waals surface area contributed by atoms with Crippen LogP contribution >= 0.6 is 0 Å². The number of aryl methyl sites for hydroxylation is 2. The Bertz CT molecular complexity index is 1300. The van der Waals surface area contributed by atoms with Gasteiger partial charge in [-0.15, -0.1) is 0 Å². The second kappa shape index (κ2) is 6.15. The van der Waals surface area contributed by atoms with E-state index >= 15 is 0 Å². The number of furan rings is 1. The second-order valence-electron chi connectivity index (χ2n) is 6.58. The quantitative estimate of drug-likeness (QED) is 0.517. The van der Waals surface area contributed by atoms with Crippen molar-refractivity contribution in [1.29, 1.82) is 0 Å². The Labute approximate surface area is 154 Å². The molecule has 4 aromatic rings. The summed E-state index contributed by atoms with van der Waals surface area (Å²) < 4.78 is 12.0. The first-order valence-corrected chi connectivity index (χ1v) is 8.77. The molecule has 0 aliphatic carbocycles. The predicted molar refractivity (Wildman–Crippen MR) is 102 cm³/mol. The van der Waals surface area contributed by atoms with E-state index in [0.717, 1.165) is 17.1 Å². The van der Waals surface area contributed by atoms with E-state index in [4.69, 9.17) is 4.42 Å². The van der Waals surface area contributed by atoms with Gasteiger partial charge in [-0.1, -0.05) is 12.2 Å². The zero-order chi connectivity index (χ0) is 19.3. The van der Waals surface area contributed by atoms with E-state index in [2.05, 4.69) is 4.98 Å². The molecule has 140 valence electrons. The molecule has 8 heteroatoms. The highest BCUT2D eigenvalue weighted by Gasteiger charge is 2.22. The molecule has 0 unspecified atom stereocenters. The molecule has 0 saturated heterocycles. The van der Waals surface area contributed by atoms with Gasteiger partial charge in [-0.2, -0.15) is 4.98 Å². The molecule has 0 atom stereocenters. The molecule has 8 nitrogen and oxygen atoms in total. The van der Waals surface area contributed by atoms with Crippen LogP contribution in [0, 0.1) is 13.8 Å². The van der Waals surface area contributed by atoms with Crippen LogP contribution in [0.2, 0.25) is 0 Å². The van der Waals surface area contributed by atoms with Gasteiger partial charge < -0.3 is 8.98 Å². The van der Waals surface area contributed by atoms with Gasteiger partial charge in [0.15, 0.2) is 11.2 Å². The van der Waals surface area contributed by atoms with Crippen molar-refractivity contribution in [2.24, 2.45) is 7.05 Å². The van der Waals surface area contributed by atoms with Crippen molar-refractivity contribution < 1.29 is 4.42 Å². The standard InChI is InChI=1S/C19H21N5O3/c1-5-6-9-22-17(25)15-16(21(4)19(22)26)20-18-23(11-14-8-7-10-27-14)12(2)13(3)24(15)18/h5-8,10H,9,11H2,1-4H3/b6-5-. The first-order chi connectivity index (χ1) is 13.0. The topological polar surface area (TPSA) is 79.4 Å². The third-order valence-electron chi connectivity index (χ3n) is 5.05. The highest BCUT2D eigenvalue weighted by Crippen LogP contribution is 2.21. The zero-order valence-corrected chi connectivity index (χ0v) is 15.8. The molecule has 0 N–H and O–H groups in total. The first kappa shape index (κ1) is 17.1. The molecule has 0 fully saturated rings. The lowest BCUT2D eigenvalue weighted by molar-refractivity contribution is 0.494. The molecule has 27 heavy (non-hydrogen) atoms. The first-order valence-electron chi connectivity index (χ1n) is 8.77. The maximum atomic E-state index is 13.1. The average molecular weight is 367 g/mol. The van der Waals surface area contributed by atoms with Crippen LogP contribution < -0.4 is 11.2 Å². The number of allylic oxidation sites excluding steroid dienone is 2. The summed E-state index contributed by atoms with van der Waals surface area (Å²) in [7, 11) is 1.64. The summed E-state index contributed by atoms with van der Waals surface area (Å²) in [5.41, 5.74) is 1.98. The average Bonchev–Trinajstić information content (AvgIpc) is 3.35. The molecule has 0 radical (unpaired) electrons. The van der Waals surface area contributed by atoms with Crippen LogP contribution in [0.4, 0.5) is 0 Å². The van der Waals surface area contributed by atoms with Crippen LogP contribution in [0.3, 0.4) is 0 Å². The molecule has 0 aromatic carbocycles. The molecule has 0 aliphatic heterocycles. The van der Waals surface area contributed by atoms with Crippen LogP contribution in [0.1, 0.15) is 24.1 Å². The number of nitrogens with zero attached hydrogens (tertiary/aromatic N) is 5. The second-order valence-corrected chi connectivity index (χ2v) is 6.58. The van der Waals surface area contributed by atoms with Gasteiger partial charge in [0.2, 0.25) is 5.78 Å². The number of aromatic nitrogens is 5. The van der Waals surface area contributed by atoms with Crippen molar-refractivity contribution in [2.75, 3.05) is 0 Å². The molecule has 4 aromatic heterocycles. The van der Waals surface area contributed by atoms with Gasteiger partial charge in [0.25, 0.3) is 5.56 Å². The highest BCUT2D eigenvalue weighted by atomic mass is 16.3. The number of fused-ring (bicyclic) bond motifs is 3. The van der Waals surface area contributed by atoms with Crippen molar-refractivity contribution in [1.82, 2.24) is 23.1 Å². The van der Waals surface area contributed by atoms with Crippen LogP contribution in [0.25, 0.3) is 16.9 Å². The fourth-order valence-electron chi connectivity index (χ4n) is 3.43. The molecule has 4 heterocycles. The summed E-state index contributed by atoms with van der Waals surface area (Å²) in [6, 6.07) is 3.73. The van der Waals surface area contributed by atoms with Gasteiger partial charge in [-0.3, -0.25) is 18.3 Å². The van der Waals surface area contributed by atoms with Crippen molar-refractivity contribution >= 4 is 16.9 Å². The van der Waals surface area contributed by atoms with Gasteiger partial charge >= 0.3 is 5.69 Å². The van der Waals surface area contributed by atoms with Crippen LogP contribution in [-0.2, 0) is 20.1 Å². The summed E-state index contributed by atoms with van der Waals surface area (Å²) in [6.45, 7) is 6.52. The maximum Gasteiger partial charge on any atom is 0.332 e. The molecule has 0 bridgehead atoms. The summed E-state index contributed by atoms with van der Waals surface area (Å²) >= 11 is 0. The van der Waals surface area contributed by atoms with Crippen molar-refractivity contribution in [2.45, 2.75) is 33.9 Å². The number of imidazole rings is 2. The van der Waals surface area contributed by atoms with Crippen molar-refractivity contribution in [3.05, 3.63) is 68.5 Å². The zero-order valence-electron chi connectivity index (χ0n) is 15.8. The minimum absolute atomic E-state index is 0.232. The Hall–Kier alpha value is -3.29. The van der Waals surface area contributed by atoms with E-state index in [1.54, 1.807) is 19.4 Å². The third kappa shape index (κ3) is 2.40. The molecule has 0 saturated carbocycles. The van der Waals surface area contributed by atoms with Gasteiger partial charge in [0.1, 0.15) is 5.76 Å². The lowest BCUT2D eigenvalue weighted by atomic mass is 10.3. The van der Waals surface area contributed by atoms with Crippen LogP contribution in [-0.4, -0.2) is 23.1 Å². The Balaban J connectivity index is 2.09. The fraction of sp³-hybridized carbons (Fsp3) is 0.316. The molecule has 0 aliphatic rings. The normalized spacial score (nSPS) is 12.1. The predicted octanol–water partition coefficient (Wildman–Crippen LogP) is 1.98. The third-order valence-corrected chi connectivity index (χ3v) is 5.05. The minimum atomic E-state index is -0.377. The Morgan fingerprint density at radius 2 is 1.96 bits per heavy atom. The largest absolute Gasteiger partial charge is 0.467 e. The molecule has 0 amide bonds. The van der Waals surface area contributed by atoms with Gasteiger partial charge in [-0.25, -0.2) is 4.79 Å². The van der Waals surface area contributed by atoms with Crippen LogP contribution in [0.5, 0.6) is 0 Å². The summed E-state index contributed by atoms with van der Waals surface area (Å²) in [6.07, 6.45) is 5.23. The van der Waals surface area contributed by atoms with E-state index in [0.29, 0.717) is 23.5 Å². The van der Waals surface area contributed by atoms with E-state index < -0.39 is 0 Å². The number of rotatable bonds is 4. The van der Waals surface area contributed by atoms with Gasteiger partial charge in [0, 0.05) is 25.0 Å². The van der Waals surface area contributed by atoms with E-state index in [9.17, 15) is 9.59 Å². The minimum Gasteiger partial charge on any atom is -0.467 e. The lowest BCUT2D eigenvalue weighted by Gasteiger charge is -2.06. The molecular formula is C19H21N5O3. The van der Waals surface area contributed by atoms with E-state index in [1.165, 1.54) is 9.13 Å². The summed E-state index contributed by atoms with van der Waals surface area (Å²) in [4.78, 5) is 30.4. The van der Waals surface area contributed by atoms with E-state index in [1.807, 2.05) is 47.9 Å². The molecular weight excluding hydrogens is 346 g/mol. The molecule has 0 spiro atoms. The number of hydrogen-bond acceptors (Lipinski definition) is 4. The highest BCUT2D eigenvalue weighted by molar-refractivity contribution is 5.76. The van der Waals surface area contributed by atoms with Gasteiger partial charge in [0.05, 0.1) is 12.8 Å². The van der Waals surface area contributed by atoms with Crippen LogP contribution in [0.15, 0.2) is 44.6 Å². The Morgan fingerprint density at radius 3 is 2.63 bits per heavy atom. The van der Waals surface area contributed by atoms with E-state index in [-0.39, 0.29) is 17.8 Å². The van der Waals surface area contributed by atoms with Gasteiger partial charge in [-0.05, 0) is 32.9 Å². The molecule has 4 rings (SSSR count). The summed E-state index contributed by atoms with van der Waals surface area (Å²) in [5, 5.41) is 0. The maximum absolute atomic E-state index is 13.1.